The Bertz CT molecular complexity index is 1900. The van der Waals surface area contributed by atoms with Crippen LogP contribution in [0.2, 0.25) is 0 Å². The lowest BCUT2D eigenvalue weighted by Crippen LogP contribution is -2.29. The molecule has 0 bridgehead atoms. The Morgan fingerprint density at radius 2 is 1.79 bits per heavy atom. The number of anilines is 2. The van der Waals surface area contributed by atoms with Crippen molar-refractivity contribution in [2.45, 2.75) is 19.8 Å². The SMILES string of the molecule is CC#CC(=O)NCCCc1cc(C(=O)Nc2ccc(-c3cn(C)c4ncnc(N)c34)cc2)c(=O)n(-c2ccccc2)c1. The van der Waals surface area contributed by atoms with Crippen molar-refractivity contribution in [1.82, 2.24) is 24.4 Å². The predicted molar refractivity (Wildman–Crippen MR) is 163 cm³/mol. The molecule has 0 saturated carbocycles. The minimum atomic E-state index is -0.520. The lowest BCUT2D eigenvalue weighted by molar-refractivity contribution is -0.115. The van der Waals surface area contributed by atoms with E-state index in [1.807, 2.05) is 48.1 Å². The number of aryl methyl sites for hydroxylation is 2. The summed E-state index contributed by atoms with van der Waals surface area (Å²) in [6.07, 6.45) is 6.25. The highest BCUT2D eigenvalue weighted by Crippen LogP contribution is 2.32. The minimum Gasteiger partial charge on any atom is -0.383 e. The lowest BCUT2D eigenvalue weighted by Gasteiger charge is -2.13. The molecule has 0 atom stereocenters. The number of para-hydroxylation sites is 1. The van der Waals surface area contributed by atoms with Gasteiger partial charge in [0.2, 0.25) is 0 Å². The number of aromatic nitrogens is 4. The maximum Gasteiger partial charge on any atom is 0.295 e. The molecule has 0 aliphatic rings. The molecule has 2 amide bonds. The number of pyridine rings is 1. The van der Waals surface area contributed by atoms with Gasteiger partial charge in [0.15, 0.2) is 0 Å². The van der Waals surface area contributed by atoms with Crippen LogP contribution in [0.5, 0.6) is 0 Å². The van der Waals surface area contributed by atoms with Crippen LogP contribution in [-0.2, 0) is 18.3 Å². The molecule has 5 aromatic rings. The van der Waals surface area contributed by atoms with Gasteiger partial charge in [-0.15, -0.1) is 0 Å². The van der Waals surface area contributed by atoms with E-state index < -0.39 is 11.5 Å². The first-order valence-corrected chi connectivity index (χ1v) is 13.3. The Hall–Kier alpha value is -5.69. The van der Waals surface area contributed by atoms with Crippen LogP contribution in [0.25, 0.3) is 27.8 Å². The third-order valence-corrected chi connectivity index (χ3v) is 6.76. The average Bonchev–Trinajstić information content (AvgIpc) is 3.34. The maximum atomic E-state index is 13.4. The fourth-order valence-corrected chi connectivity index (χ4v) is 4.76. The van der Waals surface area contributed by atoms with Gasteiger partial charge in [-0.2, -0.15) is 0 Å². The summed E-state index contributed by atoms with van der Waals surface area (Å²) in [6.45, 7) is 2.02. The first kappa shape index (κ1) is 27.9. The zero-order chi connectivity index (χ0) is 29.6. The molecule has 0 aliphatic heterocycles. The lowest BCUT2D eigenvalue weighted by atomic mass is 10.1. The highest BCUT2D eigenvalue weighted by Gasteiger charge is 2.17. The zero-order valence-corrected chi connectivity index (χ0v) is 23.2. The van der Waals surface area contributed by atoms with Gasteiger partial charge in [-0.05, 0) is 67.1 Å². The number of benzene rings is 2. The molecular weight excluding hydrogens is 530 g/mol. The molecule has 0 fully saturated rings. The topological polar surface area (TPSA) is 137 Å². The fraction of sp³-hybridized carbons (Fsp3) is 0.156. The van der Waals surface area contributed by atoms with E-state index in [1.165, 1.54) is 10.9 Å². The van der Waals surface area contributed by atoms with Crippen molar-refractivity contribution in [2.75, 3.05) is 17.6 Å². The van der Waals surface area contributed by atoms with Crippen molar-refractivity contribution in [3.8, 4) is 28.7 Å². The van der Waals surface area contributed by atoms with Gasteiger partial charge in [-0.1, -0.05) is 36.3 Å². The van der Waals surface area contributed by atoms with E-state index in [9.17, 15) is 14.4 Å². The first-order chi connectivity index (χ1) is 20.4. The molecule has 10 heteroatoms. The number of fused-ring (bicyclic) bond motifs is 1. The minimum absolute atomic E-state index is 0.0142. The molecule has 42 heavy (non-hydrogen) atoms. The van der Waals surface area contributed by atoms with Crippen LogP contribution in [0.4, 0.5) is 11.5 Å². The molecule has 5 rings (SSSR count). The van der Waals surface area contributed by atoms with Crippen LogP contribution in [0, 0.1) is 11.8 Å². The summed E-state index contributed by atoms with van der Waals surface area (Å²) in [5.41, 5.74) is 10.2. The van der Waals surface area contributed by atoms with Gasteiger partial charge in [-0.3, -0.25) is 19.0 Å². The number of hydrogen-bond donors (Lipinski definition) is 3. The van der Waals surface area contributed by atoms with Crippen molar-refractivity contribution in [2.24, 2.45) is 7.05 Å². The van der Waals surface area contributed by atoms with Crippen molar-refractivity contribution >= 4 is 34.4 Å². The van der Waals surface area contributed by atoms with E-state index in [4.69, 9.17) is 5.73 Å². The van der Waals surface area contributed by atoms with Gasteiger partial charge in [0.1, 0.15) is 23.4 Å². The second-order valence-electron chi connectivity index (χ2n) is 9.65. The number of carbonyl (C=O) groups excluding carboxylic acids is 2. The summed E-state index contributed by atoms with van der Waals surface area (Å²) in [6, 6.07) is 18.0. The molecule has 0 radical (unpaired) electrons. The number of nitrogens with two attached hydrogens (primary N) is 1. The number of nitrogen functional groups attached to an aromatic ring is 1. The molecule has 0 saturated heterocycles. The average molecular weight is 560 g/mol. The summed E-state index contributed by atoms with van der Waals surface area (Å²) < 4.78 is 3.36. The molecule has 10 nitrogen and oxygen atoms in total. The van der Waals surface area contributed by atoms with Crippen molar-refractivity contribution in [1.29, 1.82) is 0 Å². The maximum absolute atomic E-state index is 13.4. The summed E-state index contributed by atoms with van der Waals surface area (Å²) >= 11 is 0. The van der Waals surface area contributed by atoms with E-state index in [0.717, 1.165) is 27.7 Å². The van der Waals surface area contributed by atoms with Crippen molar-refractivity contribution in [3.05, 3.63) is 101 Å². The molecule has 0 unspecified atom stereocenters. The quantitative estimate of drug-likeness (QED) is 0.196. The Morgan fingerprint density at radius 3 is 2.52 bits per heavy atom. The molecule has 210 valence electrons. The fourth-order valence-electron chi connectivity index (χ4n) is 4.76. The van der Waals surface area contributed by atoms with Gasteiger partial charge in [-0.25, -0.2) is 9.97 Å². The summed E-state index contributed by atoms with van der Waals surface area (Å²) in [7, 11) is 1.89. The van der Waals surface area contributed by atoms with Gasteiger partial charge >= 0.3 is 0 Å². The summed E-state index contributed by atoms with van der Waals surface area (Å²) in [4.78, 5) is 46.9. The third-order valence-electron chi connectivity index (χ3n) is 6.76. The Kier molecular flexibility index (Phi) is 8.11. The van der Waals surface area contributed by atoms with Crippen LogP contribution in [0.1, 0.15) is 29.3 Å². The monoisotopic (exact) mass is 559 g/mol. The third kappa shape index (κ3) is 5.90. The number of nitrogens with one attached hydrogen (secondary N) is 2. The van der Waals surface area contributed by atoms with Gasteiger partial charge < -0.3 is 20.9 Å². The van der Waals surface area contributed by atoms with Crippen LogP contribution >= 0.6 is 0 Å². The van der Waals surface area contributed by atoms with Crippen LogP contribution in [0.15, 0.2) is 84.2 Å². The van der Waals surface area contributed by atoms with Crippen molar-refractivity contribution in [3.63, 3.8) is 0 Å². The van der Waals surface area contributed by atoms with Crippen molar-refractivity contribution < 1.29 is 9.59 Å². The zero-order valence-electron chi connectivity index (χ0n) is 23.2. The van der Waals surface area contributed by atoms with E-state index in [1.54, 1.807) is 43.5 Å². The number of nitrogens with zero attached hydrogens (tertiary/aromatic N) is 4. The Labute approximate surface area is 242 Å². The second-order valence-corrected chi connectivity index (χ2v) is 9.65. The van der Waals surface area contributed by atoms with Gasteiger partial charge in [0.05, 0.1) is 5.39 Å². The first-order valence-electron chi connectivity index (χ1n) is 13.3. The normalized spacial score (nSPS) is 10.6. The van der Waals surface area contributed by atoms with Crippen LogP contribution in [0.3, 0.4) is 0 Å². The van der Waals surface area contributed by atoms with Crippen LogP contribution < -0.4 is 21.9 Å². The van der Waals surface area contributed by atoms with Gasteiger partial charge in [0.25, 0.3) is 17.4 Å². The Morgan fingerprint density at radius 1 is 1.02 bits per heavy atom. The molecule has 0 aliphatic carbocycles. The second kappa shape index (κ2) is 12.2. The predicted octanol–water partition coefficient (Wildman–Crippen LogP) is 3.69. The summed E-state index contributed by atoms with van der Waals surface area (Å²) in [5.74, 6) is 4.54. The molecule has 2 aromatic carbocycles. The number of amides is 2. The van der Waals surface area contributed by atoms with Gasteiger partial charge in [0, 0.05) is 42.9 Å². The molecule has 0 spiro atoms. The smallest absolute Gasteiger partial charge is 0.295 e. The highest BCUT2D eigenvalue weighted by atomic mass is 16.2. The largest absolute Gasteiger partial charge is 0.383 e. The number of carbonyl (C=O) groups is 2. The highest BCUT2D eigenvalue weighted by molar-refractivity contribution is 6.05. The standard InChI is InChI=1S/C32H29N7O3/c1-3-8-27(40)34-16-7-9-21-17-25(32(42)39(18-21)24-10-5-4-6-11-24)31(41)37-23-14-12-22(13-15-23)26-19-38(2)30-28(26)29(33)35-20-36-30/h4-6,10-15,17-20H,7,9,16H2,1-2H3,(H,34,40)(H,37,41)(H2,33,35,36). The van der Waals surface area contributed by atoms with E-state index in [-0.39, 0.29) is 11.5 Å². The molecule has 3 aromatic heterocycles. The van der Waals surface area contributed by atoms with E-state index in [2.05, 4.69) is 32.4 Å². The Balaban J connectivity index is 1.39. The number of rotatable bonds is 8. The van der Waals surface area contributed by atoms with E-state index in [0.29, 0.717) is 36.6 Å². The molecule has 4 N–H and O–H groups in total. The summed E-state index contributed by atoms with van der Waals surface area (Å²) in [5, 5.41) is 6.35. The van der Waals surface area contributed by atoms with Crippen LogP contribution in [-0.4, -0.2) is 37.5 Å². The van der Waals surface area contributed by atoms with E-state index >= 15 is 0 Å². The molecule has 3 heterocycles. The molecular formula is C32H29N7O3. The number of hydrogen-bond acceptors (Lipinski definition) is 6.